The third kappa shape index (κ3) is 4.35. The molecule has 0 aliphatic carbocycles. The first kappa shape index (κ1) is 18.3. The highest BCUT2D eigenvalue weighted by atomic mass is 19.4. The molecule has 1 amide bonds. The van der Waals surface area contributed by atoms with Crippen molar-refractivity contribution in [1.82, 2.24) is 35.7 Å². The SMILES string of the molecule is O=C(NCC(N1CCNCC1)C(F)(F)F)c1ccc(-n2cnnn2)cc1. The van der Waals surface area contributed by atoms with Crippen molar-refractivity contribution in [3.8, 4) is 5.69 Å². The molecule has 26 heavy (non-hydrogen) atoms. The van der Waals surface area contributed by atoms with Gasteiger partial charge in [-0.05, 0) is 34.7 Å². The van der Waals surface area contributed by atoms with Crippen LogP contribution in [0.15, 0.2) is 30.6 Å². The normalized spacial score (nSPS) is 17.0. The molecule has 0 radical (unpaired) electrons. The molecule has 1 atom stereocenters. The van der Waals surface area contributed by atoms with Crippen LogP contribution in [0.4, 0.5) is 13.2 Å². The highest BCUT2D eigenvalue weighted by molar-refractivity contribution is 5.94. The number of piperazine rings is 1. The van der Waals surface area contributed by atoms with Gasteiger partial charge in [0.15, 0.2) is 0 Å². The molecule has 2 heterocycles. The van der Waals surface area contributed by atoms with E-state index >= 15 is 0 Å². The summed E-state index contributed by atoms with van der Waals surface area (Å²) in [5, 5.41) is 16.1. The van der Waals surface area contributed by atoms with Crippen LogP contribution < -0.4 is 10.6 Å². The van der Waals surface area contributed by atoms with E-state index in [1.807, 2.05) is 0 Å². The van der Waals surface area contributed by atoms with Gasteiger partial charge in [0.1, 0.15) is 12.4 Å². The maximum Gasteiger partial charge on any atom is 0.405 e. The lowest BCUT2D eigenvalue weighted by Crippen LogP contribution is -2.57. The fraction of sp³-hybridized carbons (Fsp3) is 0.467. The van der Waals surface area contributed by atoms with Crippen LogP contribution in [-0.4, -0.2) is 76.0 Å². The first-order valence-electron chi connectivity index (χ1n) is 8.08. The summed E-state index contributed by atoms with van der Waals surface area (Å²) < 4.78 is 41.4. The van der Waals surface area contributed by atoms with Crippen molar-refractivity contribution in [2.75, 3.05) is 32.7 Å². The second kappa shape index (κ2) is 7.79. The topological polar surface area (TPSA) is 88.0 Å². The highest BCUT2D eigenvalue weighted by Crippen LogP contribution is 2.24. The summed E-state index contributed by atoms with van der Waals surface area (Å²) in [4.78, 5) is 13.5. The second-order valence-electron chi connectivity index (χ2n) is 5.85. The number of carbonyl (C=O) groups excluding carboxylic acids is 1. The van der Waals surface area contributed by atoms with Gasteiger partial charge in [0, 0.05) is 38.3 Å². The third-order valence-electron chi connectivity index (χ3n) is 4.17. The van der Waals surface area contributed by atoms with Gasteiger partial charge in [0.25, 0.3) is 5.91 Å². The Kier molecular flexibility index (Phi) is 5.47. The molecule has 1 aromatic heterocycles. The van der Waals surface area contributed by atoms with E-state index in [9.17, 15) is 18.0 Å². The fourth-order valence-corrected chi connectivity index (χ4v) is 2.78. The largest absolute Gasteiger partial charge is 0.405 e. The van der Waals surface area contributed by atoms with Gasteiger partial charge in [-0.3, -0.25) is 9.69 Å². The van der Waals surface area contributed by atoms with E-state index in [4.69, 9.17) is 0 Å². The number of benzene rings is 1. The van der Waals surface area contributed by atoms with Crippen LogP contribution in [0.2, 0.25) is 0 Å². The van der Waals surface area contributed by atoms with Crippen molar-refractivity contribution >= 4 is 5.91 Å². The van der Waals surface area contributed by atoms with Crippen LogP contribution in [0.5, 0.6) is 0 Å². The molecule has 8 nitrogen and oxygen atoms in total. The third-order valence-corrected chi connectivity index (χ3v) is 4.17. The lowest BCUT2D eigenvalue weighted by molar-refractivity contribution is -0.183. The zero-order valence-corrected chi connectivity index (χ0v) is 13.8. The molecular weight excluding hydrogens is 351 g/mol. The van der Waals surface area contributed by atoms with Crippen LogP contribution >= 0.6 is 0 Å². The molecule has 3 rings (SSSR count). The number of hydrogen-bond donors (Lipinski definition) is 2. The average Bonchev–Trinajstić information content (AvgIpc) is 3.16. The van der Waals surface area contributed by atoms with Gasteiger partial charge < -0.3 is 10.6 Å². The van der Waals surface area contributed by atoms with E-state index in [1.54, 1.807) is 12.1 Å². The van der Waals surface area contributed by atoms with Crippen molar-refractivity contribution in [2.24, 2.45) is 0 Å². The number of nitrogens with zero attached hydrogens (tertiary/aromatic N) is 5. The summed E-state index contributed by atoms with van der Waals surface area (Å²) >= 11 is 0. The van der Waals surface area contributed by atoms with Gasteiger partial charge >= 0.3 is 6.18 Å². The van der Waals surface area contributed by atoms with E-state index < -0.39 is 24.7 Å². The first-order chi connectivity index (χ1) is 12.4. The zero-order chi connectivity index (χ0) is 18.6. The Morgan fingerprint density at radius 3 is 2.50 bits per heavy atom. The molecule has 2 aromatic rings. The van der Waals surface area contributed by atoms with Crippen LogP contribution in [0, 0.1) is 0 Å². The minimum Gasteiger partial charge on any atom is -0.350 e. The number of tetrazole rings is 1. The minimum atomic E-state index is -4.41. The Balaban J connectivity index is 1.62. The van der Waals surface area contributed by atoms with Crippen molar-refractivity contribution < 1.29 is 18.0 Å². The molecule has 1 aromatic carbocycles. The molecule has 1 aliphatic heterocycles. The molecule has 0 spiro atoms. The molecule has 0 saturated carbocycles. The number of aromatic nitrogens is 4. The Morgan fingerprint density at radius 2 is 1.92 bits per heavy atom. The highest BCUT2D eigenvalue weighted by Gasteiger charge is 2.43. The van der Waals surface area contributed by atoms with E-state index in [2.05, 4.69) is 26.2 Å². The summed E-state index contributed by atoms with van der Waals surface area (Å²) in [6.45, 7) is 1.09. The number of carbonyl (C=O) groups is 1. The number of amides is 1. The number of halogens is 3. The fourth-order valence-electron chi connectivity index (χ4n) is 2.78. The standard InChI is InChI=1S/C15H18F3N7O/c16-15(17,18)13(24-7-5-19-6-8-24)9-20-14(26)11-1-3-12(4-2-11)25-10-21-22-23-25/h1-4,10,13,19H,5-9H2,(H,20,26). The molecule has 11 heteroatoms. The molecule has 0 bridgehead atoms. The maximum atomic E-state index is 13.3. The van der Waals surface area contributed by atoms with Gasteiger partial charge in [-0.1, -0.05) is 0 Å². The summed E-state index contributed by atoms with van der Waals surface area (Å²) in [6.07, 6.45) is -3.01. The summed E-state index contributed by atoms with van der Waals surface area (Å²) in [7, 11) is 0. The smallest absolute Gasteiger partial charge is 0.350 e. The summed E-state index contributed by atoms with van der Waals surface area (Å²) in [5.74, 6) is -0.558. The van der Waals surface area contributed by atoms with Crippen LogP contribution in [0.25, 0.3) is 5.69 Å². The van der Waals surface area contributed by atoms with E-state index in [1.165, 1.54) is 28.0 Å². The van der Waals surface area contributed by atoms with Gasteiger partial charge in [-0.15, -0.1) is 5.10 Å². The van der Waals surface area contributed by atoms with E-state index in [0.29, 0.717) is 31.9 Å². The predicted molar refractivity (Wildman–Crippen MR) is 85.8 cm³/mol. The quantitative estimate of drug-likeness (QED) is 0.785. The maximum absolute atomic E-state index is 13.3. The zero-order valence-electron chi connectivity index (χ0n) is 13.8. The monoisotopic (exact) mass is 369 g/mol. The number of rotatable bonds is 5. The van der Waals surface area contributed by atoms with Crippen molar-refractivity contribution in [2.45, 2.75) is 12.2 Å². The Morgan fingerprint density at radius 1 is 1.23 bits per heavy atom. The molecule has 1 aliphatic rings. The van der Waals surface area contributed by atoms with Gasteiger partial charge in [-0.25, -0.2) is 4.68 Å². The molecule has 1 fully saturated rings. The molecular formula is C15H18F3N7O. The van der Waals surface area contributed by atoms with Gasteiger partial charge in [0.05, 0.1) is 5.69 Å². The minimum absolute atomic E-state index is 0.267. The van der Waals surface area contributed by atoms with Crippen LogP contribution in [-0.2, 0) is 0 Å². The lowest BCUT2D eigenvalue weighted by Gasteiger charge is -2.35. The number of hydrogen-bond acceptors (Lipinski definition) is 6. The van der Waals surface area contributed by atoms with Crippen molar-refractivity contribution in [3.63, 3.8) is 0 Å². The van der Waals surface area contributed by atoms with Crippen LogP contribution in [0.1, 0.15) is 10.4 Å². The Labute approximate surface area is 147 Å². The Hall–Kier alpha value is -2.53. The van der Waals surface area contributed by atoms with Gasteiger partial charge in [0.2, 0.25) is 0 Å². The summed E-state index contributed by atoms with van der Waals surface area (Å²) in [5.41, 5.74) is 0.906. The van der Waals surface area contributed by atoms with Crippen LogP contribution in [0.3, 0.4) is 0 Å². The van der Waals surface area contributed by atoms with Crippen molar-refractivity contribution in [1.29, 1.82) is 0 Å². The first-order valence-corrected chi connectivity index (χ1v) is 8.08. The average molecular weight is 369 g/mol. The summed E-state index contributed by atoms with van der Waals surface area (Å²) in [6, 6.07) is 4.56. The van der Waals surface area contributed by atoms with Crippen molar-refractivity contribution in [3.05, 3.63) is 36.2 Å². The predicted octanol–water partition coefficient (Wildman–Crippen LogP) is 0.228. The molecule has 1 saturated heterocycles. The Bertz CT molecular complexity index is 712. The lowest BCUT2D eigenvalue weighted by atomic mass is 10.1. The van der Waals surface area contributed by atoms with E-state index in [-0.39, 0.29) is 5.56 Å². The number of alkyl halides is 3. The van der Waals surface area contributed by atoms with E-state index in [0.717, 1.165) is 0 Å². The molecule has 2 N–H and O–H groups in total. The molecule has 140 valence electrons. The second-order valence-corrected chi connectivity index (χ2v) is 5.85. The number of nitrogens with one attached hydrogen (secondary N) is 2. The molecule has 1 unspecified atom stereocenters. The van der Waals surface area contributed by atoms with Gasteiger partial charge in [-0.2, -0.15) is 13.2 Å².